The van der Waals surface area contributed by atoms with Crippen LogP contribution in [0.25, 0.3) is 0 Å². The van der Waals surface area contributed by atoms with Crippen molar-refractivity contribution < 1.29 is 19.2 Å². The number of ether oxygens (including phenoxy) is 1. The maximum atomic E-state index is 13.3. The maximum absolute atomic E-state index is 13.3. The van der Waals surface area contributed by atoms with Crippen molar-refractivity contribution in [2.45, 2.75) is 13.5 Å². The van der Waals surface area contributed by atoms with Gasteiger partial charge in [-0.2, -0.15) is 0 Å². The van der Waals surface area contributed by atoms with E-state index in [1.54, 1.807) is 12.1 Å². The lowest BCUT2D eigenvalue weighted by molar-refractivity contribution is 0.306. The molecule has 0 spiro atoms. The van der Waals surface area contributed by atoms with Crippen LogP contribution < -0.4 is 10.2 Å². The van der Waals surface area contributed by atoms with Gasteiger partial charge in [-0.25, -0.2) is 4.39 Å². The van der Waals surface area contributed by atoms with Gasteiger partial charge in [0.2, 0.25) is 0 Å². The summed E-state index contributed by atoms with van der Waals surface area (Å²) in [7, 11) is -1.85. The maximum Gasteiger partial charge on any atom is 0.491 e. The lowest BCUT2D eigenvalue weighted by Gasteiger charge is -2.10. The van der Waals surface area contributed by atoms with Crippen LogP contribution in [0.5, 0.6) is 5.75 Å². The largest absolute Gasteiger partial charge is 0.491 e. The van der Waals surface area contributed by atoms with Gasteiger partial charge in [-0.05, 0) is 36.2 Å². The number of rotatable bonds is 4. The Kier molecular flexibility index (Phi) is 4.65. The highest BCUT2D eigenvalue weighted by atomic mass is 35.5. The number of hydrogen-bond acceptors (Lipinski definition) is 3. The Morgan fingerprint density at radius 2 is 1.95 bits per heavy atom. The molecule has 0 atom stereocenters. The van der Waals surface area contributed by atoms with Crippen LogP contribution in [0.2, 0.25) is 5.02 Å². The number of hydrogen-bond donors (Lipinski definition) is 2. The van der Waals surface area contributed by atoms with Crippen LogP contribution in [0.4, 0.5) is 4.39 Å². The van der Waals surface area contributed by atoms with E-state index in [0.29, 0.717) is 16.3 Å². The molecule has 3 nitrogen and oxygen atoms in total. The van der Waals surface area contributed by atoms with Crippen LogP contribution in [0.15, 0.2) is 36.4 Å². The van der Waals surface area contributed by atoms with E-state index < -0.39 is 12.9 Å². The molecule has 0 aliphatic rings. The van der Waals surface area contributed by atoms with Gasteiger partial charge in [0.05, 0.1) is 5.02 Å². The lowest BCUT2D eigenvalue weighted by atomic mass is 9.79. The lowest BCUT2D eigenvalue weighted by Crippen LogP contribution is -2.33. The number of aryl methyl sites for hydroxylation is 1. The molecule has 0 saturated carbocycles. The fourth-order valence-corrected chi connectivity index (χ4v) is 1.94. The topological polar surface area (TPSA) is 49.7 Å². The predicted molar refractivity (Wildman–Crippen MR) is 76.7 cm³/mol. The Morgan fingerprint density at radius 1 is 1.20 bits per heavy atom. The molecule has 2 rings (SSSR count). The van der Waals surface area contributed by atoms with Gasteiger partial charge in [0.25, 0.3) is 0 Å². The number of benzene rings is 2. The Morgan fingerprint density at radius 3 is 2.65 bits per heavy atom. The minimum absolute atomic E-state index is 0.156. The van der Waals surface area contributed by atoms with Crippen molar-refractivity contribution in [2.24, 2.45) is 0 Å². The molecule has 0 fully saturated rings. The van der Waals surface area contributed by atoms with Crippen LogP contribution in [0.1, 0.15) is 11.1 Å². The second-order valence-corrected chi connectivity index (χ2v) is 4.86. The minimum atomic E-state index is -1.85. The van der Waals surface area contributed by atoms with Crippen LogP contribution >= 0.6 is 11.6 Å². The summed E-state index contributed by atoms with van der Waals surface area (Å²) in [6.45, 7) is 2.07. The van der Waals surface area contributed by atoms with Crippen molar-refractivity contribution >= 4 is 24.2 Å². The molecule has 0 heterocycles. The second kappa shape index (κ2) is 6.26. The fraction of sp³-hybridized carbons (Fsp3) is 0.143. The third kappa shape index (κ3) is 3.51. The summed E-state index contributed by atoms with van der Waals surface area (Å²) < 4.78 is 18.9. The first-order valence-electron chi connectivity index (χ1n) is 6.01. The highest BCUT2D eigenvalue weighted by Gasteiger charge is 2.17. The molecule has 20 heavy (non-hydrogen) atoms. The zero-order valence-corrected chi connectivity index (χ0v) is 11.6. The molecule has 0 amide bonds. The Labute approximate surface area is 121 Å². The van der Waals surface area contributed by atoms with Crippen LogP contribution in [0.3, 0.4) is 0 Å². The zero-order valence-electron chi connectivity index (χ0n) is 10.8. The van der Waals surface area contributed by atoms with E-state index in [0.717, 1.165) is 5.56 Å². The fourth-order valence-electron chi connectivity index (χ4n) is 1.76. The summed E-state index contributed by atoms with van der Waals surface area (Å²) >= 11 is 6.00. The second-order valence-electron chi connectivity index (χ2n) is 4.45. The van der Waals surface area contributed by atoms with Crippen LogP contribution in [-0.4, -0.2) is 17.2 Å². The highest BCUT2D eigenvalue weighted by Crippen LogP contribution is 2.26. The van der Waals surface area contributed by atoms with E-state index in [2.05, 4.69) is 0 Å². The van der Waals surface area contributed by atoms with E-state index in [1.165, 1.54) is 18.2 Å². The average molecular weight is 295 g/mol. The normalized spacial score (nSPS) is 10.4. The molecule has 0 unspecified atom stereocenters. The molecule has 0 saturated heterocycles. The molecule has 104 valence electrons. The van der Waals surface area contributed by atoms with Gasteiger partial charge in [-0.1, -0.05) is 29.8 Å². The third-order valence-electron chi connectivity index (χ3n) is 2.82. The van der Waals surface area contributed by atoms with Crippen LogP contribution in [-0.2, 0) is 6.61 Å². The molecule has 0 bridgehead atoms. The molecule has 6 heteroatoms. The van der Waals surface area contributed by atoms with Crippen LogP contribution in [0, 0.1) is 12.7 Å². The predicted octanol–water partition coefficient (Wildman–Crippen LogP) is 2.05. The quantitative estimate of drug-likeness (QED) is 0.849. The van der Waals surface area contributed by atoms with Gasteiger partial charge in [0.15, 0.2) is 0 Å². The Hall–Kier alpha value is -1.56. The molecule has 0 aromatic heterocycles. The van der Waals surface area contributed by atoms with E-state index in [9.17, 15) is 4.39 Å². The smallest absolute Gasteiger partial charge is 0.487 e. The van der Waals surface area contributed by atoms with Crippen molar-refractivity contribution in [3.05, 3.63) is 58.4 Å². The molecule has 0 radical (unpaired) electrons. The Balaban J connectivity index is 2.15. The number of halogens is 2. The van der Waals surface area contributed by atoms with Gasteiger partial charge in [-0.15, -0.1) is 0 Å². The van der Waals surface area contributed by atoms with E-state index in [4.69, 9.17) is 26.4 Å². The van der Waals surface area contributed by atoms with E-state index >= 15 is 0 Å². The van der Waals surface area contributed by atoms with Gasteiger partial charge in [-0.3, -0.25) is 0 Å². The SMILES string of the molecule is Cc1ccc(Cl)c(OCc2ccc(F)c(B(O)O)c2)c1. The summed E-state index contributed by atoms with van der Waals surface area (Å²) in [4.78, 5) is 0. The summed E-state index contributed by atoms with van der Waals surface area (Å²) in [5.74, 6) is -0.139. The third-order valence-corrected chi connectivity index (χ3v) is 3.13. The molecule has 0 aliphatic carbocycles. The summed E-state index contributed by atoms with van der Waals surface area (Å²) in [6, 6.07) is 9.45. The van der Waals surface area contributed by atoms with Crippen molar-refractivity contribution in [3.8, 4) is 5.75 Å². The van der Waals surface area contributed by atoms with Gasteiger partial charge in [0.1, 0.15) is 18.2 Å². The first-order valence-corrected chi connectivity index (χ1v) is 6.38. The molecular weight excluding hydrogens is 281 g/mol. The monoisotopic (exact) mass is 294 g/mol. The summed E-state index contributed by atoms with van der Waals surface area (Å²) in [5.41, 5.74) is 1.45. The average Bonchev–Trinajstić information content (AvgIpc) is 2.41. The van der Waals surface area contributed by atoms with Gasteiger partial charge >= 0.3 is 7.12 Å². The minimum Gasteiger partial charge on any atom is -0.487 e. The summed E-state index contributed by atoms with van der Waals surface area (Å²) in [5, 5.41) is 18.6. The first-order chi connectivity index (χ1) is 9.47. The molecule has 2 N–H and O–H groups in total. The highest BCUT2D eigenvalue weighted by molar-refractivity contribution is 6.58. The Bertz CT molecular complexity index is 619. The van der Waals surface area contributed by atoms with Gasteiger partial charge < -0.3 is 14.8 Å². The van der Waals surface area contributed by atoms with Gasteiger partial charge in [0, 0.05) is 5.46 Å². The van der Waals surface area contributed by atoms with E-state index in [1.807, 2.05) is 13.0 Å². The van der Waals surface area contributed by atoms with Crippen molar-refractivity contribution in [1.29, 1.82) is 0 Å². The van der Waals surface area contributed by atoms with Crippen molar-refractivity contribution in [1.82, 2.24) is 0 Å². The molecule has 2 aromatic rings. The zero-order chi connectivity index (χ0) is 14.7. The van der Waals surface area contributed by atoms with Crippen molar-refractivity contribution in [2.75, 3.05) is 0 Å². The van der Waals surface area contributed by atoms with Crippen molar-refractivity contribution in [3.63, 3.8) is 0 Å². The molecular formula is C14H13BClFO3. The molecule has 2 aromatic carbocycles. The first kappa shape index (κ1) is 14.8. The molecule has 0 aliphatic heterocycles. The summed E-state index contributed by atoms with van der Waals surface area (Å²) in [6.07, 6.45) is 0. The van der Waals surface area contributed by atoms with E-state index in [-0.39, 0.29) is 12.1 Å². The standard InChI is InChI=1S/C14H13BClFO3/c1-9-2-4-12(16)14(6-9)20-8-10-3-5-13(17)11(7-10)15(18)19/h2-7,18-19H,8H2,1H3.